The average molecular weight is 350 g/mol. The van der Waals surface area contributed by atoms with E-state index in [4.69, 9.17) is 9.84 Å². The number of amides is 2. The highest BCUT2D eigenvalue weighted by Gasteiger charge is 2.22. The summed E-state index contributed by atoms with van der Waals surface area (Å²) in [4.78, 5) is 23.3. The molecule has 0 fully saturated rings. The Morgan fingerprint density at radius 1 is 0.958 bits per heavy atom. The van der Waals surface area contributed by atoms with Gasteiger partial charge >= 0.3 is 11.8 Å². The lowest BCUT2D eigenvalue weighted by Crippen LogP contribution is -2.39. The van der Waals surface area contributed by atoms with Gasteiger partial charge in [0.2, 0.25) is 0 Å². The number of benzene rings is 2. The van der Waals surface area contributed by atoms with Gasteiger partial charge in [-0.05, 0) is 48.5 Å². The first kappa shape index (κ1) is 17.3. The van der Waals surface area contributed by atoms with Crippen molar-refractivity contribution in [1.82, 2.24) is 4.72 Å². The molecular formula is C15H14N2O6S. The SMILES string of the molecule is COc1ccc(S(=O)(=O)NC(=O)C(=O)Nc2ccc(O)cc2)cc1. The Bertz CT molecular complexity index is 845. The minimum absolute atomic E-state index is 0.0143. The van der Waals surface area contributed by atoms with Crippen LogP contribution in [0.2, 0.25) is 0 Å². The molecule has 2 aromatic carbocycles. The second-order valence-electron chi connectivity index (χ2n) is 4.61. The van der Waals surface area contributed by atoms with Crippen molar-refractivity contribution >= 4 is 27.5 Å². The molecule has 0 saturated heterocycles. The van der Waals surface area contributed by atoms with Crippen molar-refractivity contribution in [3.8, 4) is 11.5 Å². The third-order valence-electron chi connectivity index (χ3n) is 2.93. The summed E-state index contributed by atoms with van der Waals surface area (Å²) in [5, 5.41) is 11.4. The van der Waals surface area contributed by atoms with Gasteiger partial charge in [-0.25, -0.2) is 13.1 Å². The second-order valence-corrected chi connectivity index (χ2v) is 6.29. The average Bonchev–Trinajstić information content (AvgIpc) is 2.56. The summed E-state index contributed by atoms with van der Waals surface area (Å²) >= 11 is 0. The van der Waals surface area contributed by atoms with E-state index in [0.29, 0.717) is 5.75 Å². The molecule has 2 aromatic rings. The number of phenols is 1. The van der Waals surface area contributed by atoms with E-state index in [-0.39, 0.29) is 16.3 Å². The zero-order valence-corrected chi connectivity index (χ0v) is 13.3. The standard InChI is InChI=1S/C15H14N2O6S/c1-23-12-6-8-13(9-7-12)24(21,22)17-15(20)14(19)16-10-2-4-11(18)5-3-10/h2-9,18H,1H3,(H,16,19)(H,17,20). The van der Waals surface area contributed by atoms with Crippen LogP contribution in [0.4, 0.5) is 5.69 Å². The van der Waals surface area contributed by atoms with Crippen LogP contribution >= 0.6 is 0 Å². The topological polar surface area (TPSA) is 122 Å². The highest BCUT2D eigenvalue weighted by Crippen LogP contribution is 2.16. The van der Waals surface area contributed by atoms with Crippen LogP contribution in [0.5, 0.6) is 11.5 Å². The first-order chi connectivity index (χ1) is 11.3. The number of ether oxygens (including phenoxy) is 1. The fourth-order valence-corrected chi connectivity index (χ4v) is 2.66. The normalized spacial score (nSPS) is 10.7. The fourth-order valence-electron chi connectivity index (χ4n) is 1.71. The van der Waals surface area contributed by atoms with Crippen LogP contribution in [-0.4, -0.2) is 32.4 Å². The molecule has 0 aromatic heterocycles. The molecule has 0 heterocycles. The van der Waals surface area contributed by atoms with Gasteiger partial charge in [0.1, 0.15) is 11.5 Å². The summed E-state index contributed by atoms with van der Waals surface area (Å²) in [6.07, 6.45) is 0. The van der Waals surface area contributed by atoms with Gasteiger partial charge in [-0.3, -0.25) is 9.59 Å². The molecule has 0 saturated carbocycles. The van der Waals surface area contributed by atoms with Crippen LogP contribution in [0.25, 0.3) is 0 Å². The molecular weight excluding hydrogens is 336 g/mol. The number of rotatable bonds is 4. The Morgan fingerprint density at radius 3 is 2.08 bits per heavy atom. The summed E-state index contributed by atoms with van der Waals surface area (Å²) in [5.74, 6) is -2.05. The summed E-state index contributed by atoms with van der Waals surface area (Å²) in [6, 6.07) is 10.6. The monoisotopic (exact) mass is 350 g/mol. The highest BCUT2D eigenvalue weighted by molar-refractivity contribution is 7.90. The molecule has 126 valence electrons. The van der Waals surface area contributed by atoms with Crippen LogP contribution in [0.3, 0.4) is 0 Å². The molecule has 2 rings (SSSR count). The van der Waals surface area contributed by atoms with Crippen molar-refractivity contribution in [2.45, 2.75) is 4.90 Å². The van der Waals surface area contributed by atoms with Gasteiger partial charge in [-0.1, -0.05) is 0 Å². The number of hydrogen-bond donors (Lipinski definition) is 3. The van der Waals surface area contributed by atoms with Crippen LogP contribution < -0.4 is 14.8 Å². The van der Waals surface area contributed by atoms with E-state index in [1.807, 2.05) is 0 Å². The highest BCUT2D eigenvalue weighted by atomic mass is 32.2. The maximum absolute atomic E-state index is 12.1. The largest absolute Gasteiger partial charge is 0.508 e. The fraction of sp³-hybridized carbons (Fsp3) is 0.0667. The summed E-state index contributed by atoms with van der Waals surface area (Å²) in [5.41, 5.74) is 0.231. The Balaban J connectivity index is 2.06. The van der Waals surface area contributed by atoms with E-state index >= 15 is 0 Å². The maximum Gasteiger partial charge on any atom is 0.323 e. The molecule has 0 aliphatic rings. The molecule has 0 aliphatic heterocycles. The molecule has 0 spiro atoms. The van der Waals surface area contributed by atoms with Crippen LogP contribution in [-0.2, 0) is 19.6 Å². The van der Waals surface area contributed by atoms with E-state index in [9.17, 15) is 18.0 Å². The molecule has 0 aliphatic carbocycles. The third-order valence-corrected chi connectivity index (χ3v) is 4.28. The first-order valence-electron chi connectivity index (χ1n) is 6.63. The molecule has 8 nitrogen and oxygen atoms in total. The van der Waals surface area contributed by atoms with E-state index in [1.54, 1.807) is 4.72 Å². The molecule has 0 radical (unpaired) electrons. The molecule has 0 unspecified atom stereocenters. The minimum atomic E-state index is -4.18. The van der Waals surface area contributed by atoms with Crippen molar-refractivity contribution in [3.63, 3.8) is 0 Å². The molecule has 24 heavy (non-hydrogen) atoms. The van der Waals surface area contributed by atoms with E-state index in [0.717, 1.165) is 0 Å². The predicted octanol–water partition coefficient (Wildman–Crippen LogP) is 0.844. The molecule has 2 amide bonds. The van der Waals surface area contributed by atoms with Crippen LogP contribution in [0.1, 0.15) is 0 Å². The predicted molar refractivity (Wildman–Crippen MR) is 85.1 cm³/mol. The van der Waals surface area contributed by atoms with Gasteiger partial charge in [0.15, 0.2) is 0 Å². The van der Waals surface area contributed by atoms with Gasteiger partial charge in [0.25, 0.3) is 10.0 Å². The summed E-state index contributed by atoms with van der Waals surface area (Å²) in [7, 11) is -2.75. The Kier molecular flexibility index (Phi) is 5.05. The Morgan fingerprint density at radius 2 is 1.54 bits per heavy atom. The summed E-state index contributed by atoms with van der Waals surface area (Å²) < 4.78 is 30.7. The number of hydrogen-bond acceptors (Lipinski definition) is 6. The smallest absolute Gasteiger partial charge is 0.323 e. The molecule has 9 heteroatoms. The Labute approximate surface area is 138 Å². The van der Waals surface area contributed by atoms with Gasteiger partial charge in [-0.15, -0.1) is 0 Å². The van der Waals surface area contributed by atoms with Gasteiger partial charge < -0.3 is 15.2 Å². The van der Waals surface area contributed by atoms with Gasteiger partial charge in [0.05, 0.1) is 12.0 Å². The molecule has 0 bridgehead atoms. The number of phenolic OH excluding ortho intramolecular Hbond substituents is 1. The van der Waals surface area contributed by atoms with Crippen LogP contribution in [0, 0.1) is 0 Å². The number of carbonyl (C=O) groups is 2. The number of sulfonamides is 1. The van der Waals surface area contributed by atoms with Crippen molar-refractivity contribution in [2.75, 3.05) is 12.4 Å². The van der Waals surface area contributed by atoms with E-state index < -0.39 is 21.8 Å². The first-order valence-corrected chi connectivity index (χ1v) is 8.11. The van der Waals surface area contributed by atoms with E-state index in [1.165, 1.54) is 55.6 Å². The zero-order chi connectivity index (χ0) is 17.7. The lowest BCUT2D eigenvalue weighted by molar-refractivity contribution is -0.135. The Hall–Kier alpha value is -3.07. The number of methoxy groups -OCH3 is 1. The van der Waals surface area contributed by atoms with Gasteiger partial charge in [0, 0.05) is 5.69 Å². The zero-order valence-electron chi connectivity index (χ0n) is 12.5. The van der Waals surface area contributed by atoms with E-state index in [2.05, 4.69) is 5.32 Å². The second kappa shape index (κ2) is 7.01. The van der Waals surface area contributed by atoms with Crippen molar-refractivity contribution in [3.05, 3.63) is 48.5 Å². The number of aromatic hydroxyl groups is 1. The third kappa shape index (κ3) is 4.23. The number of anilines is 1. The van der Waals surface area contributed by atoms with Crippen molar-refractivity contribution in [2.24, 2.45) is 0 Å². The molecule has 3 N–H and O–H groups in total. The van der Waals surface area contributed by atoms with Crippen molar-refractivity contribution < 1.29 is 27.9 Å². The maximum atomic E-state index is 12.1. The van der Waals surface area contributed by atoms with Gasteiger partial charge in [-0.2, -0.15) is 0 Å². The summed E-state index contributed by atoms with van der Waals surface area (Å²) in [6.45, 7) is 0. The van der Waals surface area contributed by atoms with Crippen LogP contribution in [0.15, 0.2) is 53.4 Å². The lowest BCUT2D eigenvalue weighted by Gasteiger charge is -2.08. The minimum Gasteiger partial charge on any atom is -0.508 e. The number of carbonyl (C=O) groups excluding carboxylic acids is 2. The number of nitrogens with one attached hydrogen (secondary N) is 2. The quantitative estimate of drug-likeness (QED) is 0.555. The molecule has 0 atom stereocenters. The lowest BCUT2D eigenvalue weighted by atomic mass is 10.3. The van der Waals surface area contributed by atoms with Crippen molar-refractivity contribution in [1.29, 1.82) is 0 Å².